The van der Waals surface area contributed by atoms with E-state index in [0.717, 1.165) is 5.69 Å². The molecular formula is C10H10N2S. The first-order chi connectivity index (χ1) is 6.45. The van der Waals surface area contributed by atoms with Crippen LogP contribution in [0.3, 0.4) is 0 Å². The fourth-order valence-corrected chi connectivity index (χ4v) is 1.60. The Morgan fingerprint density at radius 3 is 2.62 bits per heavy atom. The van der Waals surface area contributed by atoms with Crippen molar-refractivity contribution in [2.45, 2.75) is 0 Å². The summed E-state index contributed by atoms with van der Waals surface area (Å²) >= 11 is 1.61. The molecule has 0 saturated heterocycles. The molecule has 2 nitrogen and oxygen atoms in total. The van der Waals surface area contributed by atoms with Crippen molar-refractivity contribution in [2.75, 3.05) is 5.43 Å². The third-order valence-corrected chi connectivity index (χ3v) is 2.32. The van der Waals surface area contributed by atoms with Crippen molar-refractivity contribution in [3.8, 4) is 0 Å². The van der Waals surface area contributed by atoms with Gasteiger partial charge in [0, 0.05) is 18.1 Å². The molecule has 0 bridgehead atoms. The zero-order valence-electron chi connectivity index (χ0n) is 7.05. The molecule has 0 amide bonds. The summed E-state index contributed by atoms with van der Waals surface area (Å²) in [4.78, 5) is 0. The van der Waals surface area contributed by atoms with Crippen molar-refractivity contribution in [2.24, 2.45) is 0 Å². The molecule has 0 radical (unpaired) electrons. The molecule has 1 aromatic carbocycles. The number of para-hydroxylation sites is 1. The average Bonchev–Trinajstić information content (AvgIpc) is 2.21. The van der Waals surface area contributed by atoms with Gasteiger partial charge in [-0.25, -0.2) is 4.41 Å². The summed E-state index contributed by atoms with van der Waals surface area (Å²) in [5, 5.41) is 2.02. The van der Waals surface area contributed by atoms with Crippen LogP contribution in [0.5, 0.6) is 0 Å². The van der Waals surface area contributed by atoms with Gasteiger partial charge < -0.3 is 0 Å². The molecule has 1 heterocycles. The van der Waals surface area contributed by atoms with Crippen molar-refractivity contribution in [3.05, 3.63) is 54.1 Å². The van der Waals surface area contributed by atoms with E-state index in [1.807, 2.05) is 58.5 Å². The molecule has 1 aromatic rings. The van der Waals surface area contributed by atoms with E-state index < -0.39 is 0 Å². The van der Waals surface area contributed by atoms with E-state index in [1.165, 1.54) is 0 Å². The van der Waals surface area contributed by atoms with Gasteiger partial charge in [-0.15, -0.1) is 0 Å². The molecule has 66 valence electrons. The monoisotopic (exact) mass is 190 g/mol. The summed E-state index contributed by atoms with van der Waals surface area (Å²) < 4.78 is 1.95. The van der Waals surface area contributed by atoms with Crippen LogP contribution in [-0.2, 0) is 0 Å². The molecule has 0 unspecified atom stereocenters. The summed E-state index contributed by atoms with van der Waals surface area (Å²) in [5.74, 6) is 0. The molecule has 1 aliphatic heterocycles. The first-order valence-electron chi connectivity index (χ1n) is 4.06. The quantitative estimate of drug-likeness (QED) is 0.722. The zero-order valence-corrected chi connectivity index (χ0v) is 7.87. The summed E-state index contributed by atoms with van der Waals surface area (Å²) in [7, 11) is 0. The number of rotatable bonds is 2. The molecule has 0 fully saturated rings. The fourth-order valence-electron chi connectivity index (χ4n) is 1.01. The number of hydrazine groups is 1. The lowest BCUT2D eigenvalue weighted by Gasteiger charge is -2.20. The number of nitrogens with one attached hydrogen (secondary N) is 1. The number of benzene rings is 1. The largest absolute Gasteiger partial charge is 0.289 e. The van der Waals surface area contributed by atoms with Gasteiger partial charge in [0.15, 0.2) is 0 Å². The van der Waals surface area contributed by atoms with Gasteiger partial charge in [0.25, 0.3) is 0 Å². The number of hydrogen-bond acceptors (Lipinski definition) is 3. The number of hydrogen-bond donors (Lipinski definition) is 1. The summed E-state index contributed by atoms with van der Waals surface area (Å²) in [6.07, 6.45) is 5.98. The topological polar surface area (TPSA) is 15.3 Å². The predicted molar refractivity (Wildman–Crippen MR) is 57.8 cm³/mol. The Labute approximate surface area is 82.0 Å². The molecule has 0 aromatic heterocycles. The van der Waals surface area contributed by atoms with Crippen LogP contribution in [0.4, 0.5) is 5.69 Å². The van der Waals surface area contributed by atoms with E-state index in [-0.39, 0.29) is 0 Å². The van der Waals surface area contributed by atoms with E-state index >= 15 is 0 Å². The van der Waals surface area contributed by atoms with Crippen LogP contribution >= 0.6 is 11.9 Å². The minimum atomic E-state index is 1.09. The van der Waals surface area contributed by atoms with Crippen LogP contribution in [0.1, 0.15) is 0 Å². The molecular weight excluding hydrogens is 180 g/mol. The molecule has 2 rings (SSSR count). The molecule has 13 heavy (non-hydrogen) atoms. The second kappa shape index (κ2) is 4.05. The van der Waals surface area contributed by atoms with Crippen LogP contribution in [0.2, 0.25) is 0 Å². The Hall–Kier alpha value is -1.35. The second-order valence-electron chi connectivity index (χ2n) is 2.58. The minimum absolute atomic E-state index is 1.09. The van der Waals surface area contributed by atoms with Gasteiger partial charge in [0.1, 0.15) is 0 Å². The molecule has 0 saturated carbocycles. The SMILES string of the molecule is C1=CSN(Nc2ccccc2)C=C1. The van der Waals surface area contributed by atoms with Gasteiger partial charge in [0.2, 0.25) is 0 Å². The van der Waals surface area contributed by atoms with Crippen molar-refractivity contribution in [3.63, 3.8) is 0 Å². The Balaban J connectivity index is 1.99. The highest BCUT2D eigenvalue weighted by Crippen LogP contribution is 2.18. The van der Waals surface area contributed by atoms with E-state index in [1.54, 1.807) is 11.9 Å². The molecule has 0 aliphatic carbocycles. The highest BCUT2D eigenvalue weighted by molar-refractivity contribution is 8.00. The van der Waals surface area contributed by atoms with Crippen molar-refractivity contribution < 1.29 is 0 Å². The number of anilines is 1. The van der Waals surface area contributed by atoms with Crippen LogP contribution in [0.15, 0.2) is 54.1 Å². The lowest BCUT2D eigenvalue weighted by molar-refractivity contribution is 0.756. The predicted octanol–water partition coefficient (Wildman–Crippen LogP) is 3.00. The van der Waals surface area contributed by atoms with Crippen LogP contribution in [0.25, 0.3) is 0 Å². The van der Waals surface area contributed by atoms with Crippen LogP contribution < -0.4 is 5.43 Å². The highest BCUT2D eigenvalue weighted by atomic mass is 32.2. The third-order valence-electron chi connectivity index (χ3n) is 1.60. The highest BCUT2D eigenvalue weighted by Gasteiger charge is 1.98. The minimum Gasteiger partial charge on any atom is -0.289 e. The van der Waals surface area contributed by atoms with Crippen LogP contribution in [0, 0.1) is 0 Å². The van der Waals surface area contributed by atoms with E-state index in [2.05, 4.69) is 5.43 Å². The van der Waals surface area contributed by atoms with Gasteiger partial charge in [-0.2, -0.15) is 0 Å². The van der Waals surface area contributed by atoms with Gasteiger partial charge in [-0.1, -0.05) is 24.3 Å². The number of nitrogens with zero attached hydrogens (tertiary/aromatic N) is 1. The third kappa shape index (κ3) is 2.29. The van der Waals surface area contributed by atoms with Crippen LogP contribution in [-0.4, -0.2) is 4.41 Å². The fraction of sp³-hybridized carbons (Fsp3) is 0. The maximum Gasteiger partial charge on any atom is 0.0551 e. The lowest BCUT2D eigenvalue weighted by atomic mass is 10.3. The van der Waals surface area contributed by atoms with Gasteiger partial charge in [-0.3, -0.25) is 5.43 Å². The van der Waals surface area contributed by atoms with E-state index in [4.69, 9.17) is 0 Å². The average molecular weight is 190 g/mol. The van der Waals surface area contributed by atoms with E-state index in [0.29, 0.717) is 0 Å². The molecule has 1 N–H and O–H groups in total. The van der Waals surface area contributed by atoms with Crippen molar-refractivity contribution in [1.82, 2.24) is 4.41 Å². The molecule has 0 spiro atoms. The zero-order chi connectivity index (χ0) is 8.93. The Morgan fingerprint density at radius 1 is 1.08 bits per heavy atom. The molecule has 0 atom stereocenters. The first kappa shape index (κ1) is 8.26. The Morgan fingerprint density at radius 2 is 1.92 bits per heavy atom. The first-order valence-corrected chi connectivity index (χ1v) is 4.90. The van der Waals surface area contributed by atoms with Crippen molar-refractivity contribution >= 4 is 17.6 Å². The summed E-state index contributed by atoms with van der Waals surface area (Å²) in [6, 6.07) is 10.1. The maximum atomic E-state index is 3.24. The Bertz CT molecular complexity index is 319. The van der Waals surface area contributed by atoms with Gasteiger partial charge in [0.05, 0.1) is 5.69 Å². The van der Waals surface area contributed by atoms with E-state index in [9.17, 15) is 0 Å². The smallest absolute Gasteiger partial charge is 0.0551 e. The second-order valence-corrected chi connectivity index (χ2v) is 3.46. The summed E-state index contributed by atoms with van der Waals surface area (Å²) in [5.41, 5.74) is 4.33. The van der Waals surface area contributed by atoms with Crippen molar-refractivity contribution in [1.29, 1.82) is 0 Å². The standard InChI is InChI=1S/C10H10N2S/c1-2-6-10(7-3-1)11-12-8-4-5-9-13-12/h1-9,11H. The Kier molecular flexibility index (Phi) is 2.57. The lowest BCUT2D eigenvalue weighted by Crippen LogP contribution is -2.16. The summed E-state index contributed by atoms with van der Waals surface area (Å²) in [6.45, 7) is 0. The maximum absolute atomic E-state index is 3.24. The van der Waals surface area contributed by atoms with Gasteiger partial charge in [-0.05, 0) is 23.6 Å². The number of allylic oxidation sites excluding steroid dienone is 2. The molecule has 3 heteroatoms. The van der Waals surface area contributed by atoms with Gasteiger partial charge >= 0.3 is 0 Å². The molecule has 1 aliphatic rings. The normalized spacial score (nSPS) is 14.6.